The summed E-state index contributed by atoms with van der Waals surface area (Å²) < 4.78 is 0. The van der Waals surface area contributed by atoms with Crippen LogP contribution in [0.2, 0.25) is 0 Å². The zero-order valence-corrected chi connectivity index (χ0v) is 18.8. The van der Waals surface area contributed by atoms with Crippen molar-refractivity contribution in [3.8, 4) is 11.5 Å². The molecule has 0 radical (unpaired) electrons. The monoisotopic (exact) mass is 415 g/mol. The summed E-state index contributed by atoms with van der Waals surface area (Å²) in [5.41, 5.74) is 6.52. The van der Waals surface area contributed by atoms with E-state index >= 15 is 0 Å². The molecule has 0 amide bonds. The Hall–Kier alpha value is -2.78. The van der Waals surface area contributed by atoms with Crippen molar-refractivity contribution in [2.45, 2.75) is 58.0 Å². The summed E-state index contributed by atoms with van der Waals surface area (Å²) in [6, 6.07) is 22.8. The van der Waals surface area contributed by atoms with Gasteiger partial charge in [-0.05, 0) is 77.4 Å². The van der Waals surface area contributed by atoms with Crippen molar-refractivity contribution in [1.82, 2.24) is 4.90 Å². The van der Waals surface area contributed by atoms with Crippen LogP contribution in [0.5, 0.6) is 11.5 Å². The van der Waals surface area contributed by atoms with E-state index in [1.807, 2.05) is 6.07 Å². The first-order chi connectivity index (χ1) is 14.9. The maximum Gasteiger partial charge on any atom is 0.115 e. The van der Waals surface area contributed by atoms with Gasteiger partial charge >= 0.3 is 0 Å². The molecule has 2 N–H and O–H groups in total. The molecule has 31 heavy (non-hydrogen) atoms. The number of rotatable bonds is 6. The van der Waals surface area contributed by atoms with Crippen LogP contribution >= 0.6 is 0 Å². The predicted molar refractivity (Wildman–Crippen MR) is 127 cm³/mol. The van der Waals surface area contributed by atoms with E-state index in [1.54, 1.807) is 18.2 Å². The number of likely N-dealkylation sites (N-methyl/N-ethyl adjacent to an activating group) is 1. The van der Waals surface area contributed by atoms with Crippen LogP contribution in [-0.4, -0.2) is 27.7 Å². The van der Waals surface area contributed by atoms with Gasteiger partial charge in [-0.2, -0.15) is 0 Å². The van der Waals surface area contributed by atoms with Gasteiger partial charge in [0.2, 0.25) is 0 Å². The van der Waals surface area contributed by atoms with E-state index < -0.39 is 0 Å². The van der Waals surface area contributed by atoms with E-state index in [1.165, 1.54) is 27.8 Å². The smallest absolute Gasteiger partial charge is 0.115 e. The van der Waals surface area contributed by atoms with Crippen LogP contribution in [0.25, 0.3) is 0 Å². The zero-order chi connectivity index (χ0) is 22.0. The minimum absolute atomic E-state index is 0.305. The highest BCUT2D eigenvalue weighted by atomic mass is 16.3. The maximum absolute atomic E-state index is 10.0. The summed E-state index contributed by atoms with van der Waals surface area (Å²) in [6.45, 7) is 8.55. The fraction of sp³-hybridized carbons (Fsp3) is 0.357. The molecule has 3 aromatic carbocycles. The molecule has 0 aromatic heterocycles. The fourth-order valence-electron chi connectivity index (χ4n) is 4.89. The Kier molecular flexibility index (Phi) is 6.33. The molecule has 2 unspecified atom stereocenters. The highest BCUT2D eigenvalue weighted by Gasteiger charge is 2.33. The van der Waals surface area contributed by atoms with Gasteiger partial charge in [-0.3, -0.25) is 4.90 Å². The normalized spacial score (nSPS) is 18.4. The lowest BCUT2D eigenvalue weighted by atomic mass is 9.75. The average Bonchev–Trinajstić information content (AvgIpc) is 2.77. The third-order valence-electron chi connectivity index (χ3n) is 6.75. The Morgan fingerprint density at radius 2 is 1.52 bits per heavy atom. The van der Waals surface area contributed by atoms with Crippen molar-refractivity contribution in [3.63, 3.8) is 0 Å². The first-order valence-electron chi connectivity index (χ1n) is 11.4. The van der Waals surface area contributed by atoms with Crippen LogP contribution in [0.4, 0.5) is 0 Å². The highest BCUT2D eigenvalue weighted by Crippen LogP contribution is 2.38. The molecule has 3 aromatic rings. The predicted octanol–water partition coefficient (Wildman–Crippen LogP) is 5.99. The van der Waals surface area contributed by atoms with Gasteiger partial charge in [-0.25, -0.2) is 0 Å². The fourth-order valence-corrected chi connectivity index (χ4v) is 4.89. The Bertz CT molecular complexity index is 1010. The van der Waals surface area contributed by atoms with Crippen molar-refractivity contribution in [2.75, 3.05) is 6.54 Å². The second kappa shape index (κ2) is 9.15. The molecule has 1 aliphatic carbocycles. The molecule has 3 nitrogen and oxygen atoms in total. The van der Waals surface area contributed by atoms with Crippen molar-refractivity contribution in [3.05, 3.63) is 94.5 Å². The SMILES string of the molecule is CCN(Cc1ccc(C(C)C)cc1)C1Cc2cc(O)ccc2CC1c1ccc(O)cc1. The lowest BCUT2D eigenvalue weighted by Gasteiger charge is -2.41. The zero-order valence-electron chi connectivity index (χ0n) is 18.8. The van der Waals surface area contributed by atoms with Crippen LogP contribution in [0, 0.1) is 0 Å². The summed E-state index contributed by atoms with van der Waals surface area (Å²) in [7, 11) is 0. The molecule has 3 heteroatoms. The van der Waals surface area contributed by atoms with Crippen molar-refractivity contribution in [1.29, 1.82) is 0 Å². The summed E-state index contributed by atoms with van der Waals surface area (Å²) >= 11 is 0. The van der Waals surface area contributed by atoms with Gasteiger partial charge < -0.3 is 10.2 Å². The molecule has 0 fully saturated rings. The highest BCUT2D eigenvalue weighted by molar-refractivity contribution is 5.41. The Morgan fingerprint density at radius 3 is 2.16 bits per heavy atom. The summed E-state index contributed by atoms with van der Waals surface area (Å²) in [4.78, 5) is 2.56. The molecule has 4 rings (SSSR count). The van der Waals surface area contributed by atoms with E-state index in [9.17, 15) is 10.2 Å². The minimum atomic E-state index is 0.305. The van der Waals surface area contributed by atoms with E-state index in [4.69, 9.17) is 0 Å². The number of hydrogen-bond acceptors (Lipinski definition) is 3. The van der Waals surface area contributed by atoms with Crippen LogP contribution in [0.15, 0.2) is 66.7 Å². The quantitative estimate of drug-likeness (QED) is 0.519. The molecule has 0 saturated heterocycles. The number of nitrogens with zero attached hydrogens (tertiary/aromatic N) is 1. The molecular formula is C28H33NO2. The van der Waals surface area contributed by atoms with Gasteiger partial charge in [0.25, 0.3) is 0 Å². The molecule has 162 valence electrons. The van der Waals surface area contributed by atoms with Gasteiger partial charge in [0.05, 0.1) is 0 Å². The molecule has 0 saturated carbocycles. The standard InChI is InChI=1S/C28H33NO2/c1-4-29(18-20-5-7-21(8-6-20)19(2)3)28-17-24-15-26(31)14-11-23(24)16-27(28)22-9-12-25(30)13-10-22/h5-15,19,27-28,30-31H,4,16-18H2,1-3H3. The van der Waals surface area contributed by atoms with Crippen molar-refractivity contribution < 1.29 is 10.2 Å². The molecule has 0 heterocycles. The van der Waals surface area contributed by atoms with Crippen LogP contribution in [0.3, 0.4) is 0 Å². The molecule has 0 spiro atoms. The third-order valence-corrected chi connectivity index (χ3v) is 6.75. The Labute approximate surface area is 186 Å². The molecule has 0 aliphatic heterocycles. The number of aromatic hydroxyl groups is 2. The summed E-state index contributed by atoms with van der Waals surface area (Å²) in [5, 5.41) is 19.8. The average molecular weight is 416 g/mol. The van der Waals surface area contributed by atoms with E-state index in [2.05, 4.69) is 68.1 Å². The Morgan fingerprint density at radius 1 is 0.839 bits per heavy atom. The maximum atomic E-state index is 10.0. The van der Waals surface area contributed by atoms with E-state index in [0.29, 0.717) is 29.4 Å². The number of phenols is 2. The number of phenolic OH excluding ortho intramolecular Hbond substituents is 2. The van der Waals surface area contributed by atoms with Crippen LogP contribution < -0.4 is 0 Å². The first-order valence-corrected chi connectivity index (χ1v) is 11.4. The number of fused-ring (bicyclic) bond motifs is 1. The lowest BCUT2D eigenvalue weighted by molar-refractivity contribution is 0.161. The van der Waals surface area contributed by atoms with Crippen LogP contribution in [0.1, 0.15) is 60.4 Å². The van der Waals surface area contributed by atoms with Gasteiger partial charge in [0.1, 0.15) is 11.5 Å². The third kappa shape index (κ3) is 4.77. The lowest BCUT2D eigenvalue weighted by Crippen LogP contribution is -2.43. The van der Waals surface area contributed by atoms with Gasteiger partial charge in [0.15, 0.2) is 0 Å². The van der Waals surface area contributed by atoms with Crippen molar-refractivity contribution >= 4 is 0 Å². The van der Waals surface area contributed by atoms with E-state index in [0.717, 1.165) is 25.9 Å². The minimum Gasteiger partial charge on any atom is -0.508 e. The first kappa shape index (κ1) is 21.5. The number of hydrogen-bond donors (Lipinski definition) is 2. The van der Waals surface area contributed by atoms with Gasteiger partial charge in [-0.15, -0.1) is 0 Å². The molecular weight excluding hydrogens is 382 g/mol. The van der Waals surface area contributed by atoms with Gasteiger partial charge in [0, 0.05) is 18.5 Å². The largest absolute Gasteiger partial charge is 0.508 e. The molecule has 2 atom stereocenters. The second-order valence-corrected chi connectivity index (χ2v) is 9.09. The summed E-state index contributed by atoms with van der Waals surface area (Å²) in [6.07, 6.45) is 1.85. The van der Waals surface area contributed by atoms with Crippen molar-refractivity contribution in [2.24, 2.45) is 0 Å². The van der Waals surface area contributed by atoms with Gasteiger partial charge in [-0.1, -0.05) is 63.2 Å². The molecule has 1 aliphatic rings. The second-order valence-electron chi connectivity index (χ2n) is 9.09. The topological polar surface area (TPSA) is 43.7 Å². The van der Waals surface area contributed by atoms with Crippen LogP contribution in [-0.2, 0) is 19.4 Å². The summed E-state index contributed by atoms with van der Waals surface area (Å²) in [5.74, 6) is 1.53. The van der Waals surface area contributed by atoms with E-state index in [-0.39, 0.29) is 0 Å². The number of benzene rings is 3. The molecule has 0 bridgehead atoms. The Balaban J connectivity index is 1.65.